The monoisotopic (exact) mass is 267 g/mol. The van der Waals surface area contributed by atoms with E-state index in [-0.39, 0.29) is 0 Å². The van der Waals surface area contributed by atoms with E-state index in [1.54, 1.807) is 18.4 Å². The van der Waals surface area contributed by atoms with Gasteiger partial charge >= 0.3 is 0 Å². The van der Waals surface area contributed by atoms with Gasteiger partial charge in [-0.2, -0.15) is 0 Å². The molecule has 2 nitrogen and oxygen atoms in total. The molecule has 4 heteroatoms. The summed E-state index contributed by atoms with van der Waals surface area (Å²) >= 11 is 7.90. The Bertz CT molecular complexity index is 510. The largest absolute Gasteiger partial charge is 0.497 e. The molecular formula is C13H14ClNOS. The van der Waals surface area contributed by atoms with Crippen LogP contribution in [0.4, 0.5) is 5.69 Å². The molecule has 1 N–H and O–H groups in total. The molecule has 2 aromatic rings. The van der Waals surface area contributed by atoms with Gasteiger partial charge in [0.05, 0.1) is 17.8 Å². The molecule has 0 aliphatic carbocycles. The van der Waals surface area contributed by atoms with Gasteiger partial charge in [-0.25, -0.2) is 0 Å². The second kappa shape index (κ2) is 5.43. The topological polar surface area (TPSA) is 21.3 Å². The lowest BCUT2D eigenvalue weighted by Crippen LogP contribution is -1.98. The van der Waals surface area contributed by atoms with Crippen LogP contribution in [0.25, 0.3) is 0 Å². The Morgan fingerprint density at radius 3 is 2.76 bits per heavy atom. The minimum Gasteiger partial charge on any atom is -0.497 e. The lowest BCUT2D eigenvalue weighted by atomic mass is 10.3. The molecule has 0 saturated heterocycles. The fourth-order valence-corrected chi connectivity index (χ4v) is 2.54. The Balaban J connectivity index is 2.07. The highest BCUT2D eigenvalue weighted by molar-refractivity contribution is 7.11. The maximum Gasteiger partial charge on any atom is 0.121 e. The van der Waals surface area contributed by atoms with Crippen LogP contribution in [0.3, 0.4) is 0 Å². The highest BCUT2D eigenvalue weighted by Crippen LogP contribution is 2.27. The molecule has 1 aromatic carbocycles. The summed E-state index contributed by atoms with van der Waals surface area (Å²) in [6.07, 6.45) is 0. The first-order chi connectivity index (χ1) is 8.19. The zero-order chi connectivity index (χ0) is 12.3. The second-order valence-electron chi connectivity index (χ2n) is 3.71. The van der Waals surface area contributed by atoms with Crippen molar-refractivity contribution in [2.75, 3.05) is 12.4 Å². The average Bonchev–Trinajstić information content (AvgIpc) is 2.74. The third kappa shape index (κ3) is 3.14. The summed E-state index contributed by atoms with van der Waals surface area (Å²) in [5.41, 5.74) is 0.900. The zero-order valence-corrected chi connectivity index (χ0v) is 11.4. The van der Waals surface area contributed by atoms with Gasteiger partial charge in [0.25, 0.3) is 0 Å². The molecule has 0 fully saturated rings. The number of benzene rings is 1. The van der Waals surface area contributed by atoms with E-state index >= 15 is 0 Å². The molecule has 0 radical (unpaired) electrons. The third-order valence-corrected chi connectivity index (χ3v) is 3.75. The third-order valence-electron chi connectivity index (χ3n) is 2.42. The van der Waals surface area contributed by atoms with Gasteiger partial charge in [-0.1, -0.05) is 11.6 Å². The molecule has 0 atom stereocenters. The minimum atomic E-state index is 0.707. The predicted molar refractivity (Wildman–Crippen MR) is 74.4 cm³/mol. The number of methoxy groups -OCH3 is 1. The molecule has 0 spiro atoms. The van der Waals surface area contributed by atoms with Crippen LogP contribution >= 0.6 is 22.9 Å². The summed E-state index contributed by atoms with van der Waals surface area (Å²) in [5.74, 6) is 0.805. The van der Waals surface area contributed by atoms with Crippen LogP contribution in [-0.4, -0.2) is 7.11 Å². The summed E-state index contributed by atoms with van der Waals surface area (Å²) in [6.45, 7) is 2.89. The van der Waals surface area contributed by atoms with Crippen LogP contribution < -0.4 is 10.1 Å². The fraction of sp³-hybridized carbons (Fsp3) is 0.231. The molecule has 0 aliphatic heterocycles. The summed E-state index contributed by atoms with van der Waals surface area (Å²) in [4.78, 5) is 2.61. The van der Waals surface area contributed by atoms with E-state index in [0.29, 0.717) is 5.02 Å². The Kier molecular flexibility index (Phi) is 3.92. The van der Waals surface area contributed by atoms with Crippen molar-refractivity contribution in [2.24, 2.45) is 0 Å². The van der Waals surface area contributed by atoms with Crippen LogP contribution in [-0.2, 0) is 6.54 Å². The van der Waals surface area contributed by atoms with E-state index in [1.807, 2.05) is 18.2 Å². The molecule has 0 unspecified atom stereocenters. The molecule has 0 aliphatic rings. The molecular weight excluding hydrogens is 254 g/mol. The normalized spacial score (nSPS) is 10.3. The van der Waals surface area contributed by atoms with E-state index < -0.39 is 0 Å². The second-order valence-corrected chi connectivity index (χ2v) is 5.49. The van der Waals surface area contributed by atoms with Gasteiger partial charge in [0.15, 0.2) is 0 Å². The lowest BCUT2D eigenvalue weighted by Gasteiger charge is -2.09. The molecule has 2 rings (SSSR count). The Hall–Kier alpha value is -1.19. The van der Waals surface area contributed by atoms with E-state index in [9.17, 15) is 0 Å². The van der Waals surface area contributed by atoms with Gasteiger partial charge in [-0.05, 0) is 31.2 Å². The van der Waals surface area contributed by atoms with E-state index in [0.717, 1.165) is 18.0 Å². The van der Waals surface area contributed by atoms with Crippen molar-refractivity contribution >= 4 is 28.6 Å². The van der Waals surface area contributed by atoms with Gasteiger partial charge in [-0.3, -0.25) is 0 Å². The molecule has 1 aromatic heterocycles. The number of thiophene rings is 1. The molecule has 0 bridgehead atoms. The fourth-order valence-electron chi connectivity index (χ4n) is 1.53. The van der Waals surface area contributed by atoms with Crippen molar-refractivity contribution in [3.63, 3.8) is 0 Å². The standard InChI is InChI=1S/C13H14ClNOS/c1-9-3-5-11(17-9)8-15-13-7-10(16-2)4-6-12(13)14/h3-7,15H,8H2,1-2H3. The molecule has 0 saturated carbocycles. The van der Waals surface area contributed by atoms with Gasteiger partial charge in [0.2, 0.25) is 0 Å². The quantitative estimate of drug-likeness (QED) is 0.890. The lowest BCUT2D eigenvalue weighted by molar-refractivity contribution is 0.415. The molecule has 90 valence electrons. The molecule has 1 heterocycles. The zero-order valence-electron chi connectivity index (χ0n) is 9.79. The average molecular weight is 268 g/mol. The molecule has 0 amide bonds. The number of anilines is 1. The Morgan fingerprint density at radius 2 is 2.12 bits per heavy atom. The van der Waals surface area contributed by atoms with E-state index in [4.69, 9.17) is 16.3 Å². The van der Waals surface area contributed by atoms with Crippen molar-refractivity contribution in [1.82, 2.24) is 0 Å². The van der Waals surface area contributed by atoms with E-state index in [2.05, 4.69) is 24.4 Å². The predicted octanol–water partition coefficient (Wildman–Crippen LogP) is 4.33. The highest BCUT2D eigenvalue weighted by Gasteiger charge is 2.03. The van der Waals surface area contributed by atoms with Crippen molar-refractivity contribution in [3.8, 4) is 5.75 Å². The Labute approximate surface area is 110 Å². The number of aryl methyl sites for hydroxylation is 1. The minimum absolute atomic E-state index is 0.707. The highest BCUT2D eigenvalue weighted by atomic mass is 35.5. The number of rotatable bonds is 4. The number of halogens is 1. The SMILES string of the molecule is COc1ccc(Cl)c(NCc2ccc(C)s2)c1. The number of nitrogens with one attached hydrogen (secondary N) is 1. The number of ether oxygens (including phenoxy) is 1. The van der Waals surface area contributed by atoms with Gasteiger partial charge in [0.1, 0.15) is 5.75 Å². The van der Waals surface area contributed by atoms with Crippen LogP contribution in [0.1, 0.15) is 9.75 Å². The van der Waals surface area contributed by atoms with Gasteiger partial charge in [0, 0.05) is 22.4 Å². The maximum absolute atomic E-state index is 6.11. The summed E-state index contributed by atoms with van der Waals surface area (Å²) in [6, 6.07) is 9.84. The smallest absolute Gasteiger partial charge is 0.121 e. The number of hydrogen-bond acceptors (Lipinski definition) is 3. The van der Waals surface area contributed by atoms with Crippen LogP contribution in [0, 0.1) is 6.92 Å². The van der Waals surface area contributed by atoms with Crippen LogP contribution in [0.5, 0.6) is 5.75 Å². The first kappa shape index (κ1) is 12.3. The van der Waals surface area contributed by atoms with Crippen molar-refractivity contribution in [1.29, 1.82) is 0 Å². The van der Waals surface area contributed by atoms with Crippen molar-refractivity contribution in [3.05, 3.63) is 45.1 Å². The summed E-state index contributed by atoms with van der Waals surface area (Å²) in [7, 11) is 1.65. The number of hydrogen-bond donors (Lipinski definition) is 1. The van der Waals surface area contributed by atoms with Crippen molar-refractivity contribution < 1.29 is 4.74 Å². The first-order valence-corrected chi connectivity index (χ1v) is 6.51. The van der Waals surface area contributed by atoms with Gasteiger partial charge < -0.3 is 10.1 Å². The van der Waals surface area contributed by atoms with Crippen LogP contribution in [0.15, 0.2) is 30.3 Å². The van der Waals surface area contributed by atoms with Crippen LogP contribution in [0.2, 0.25) is 5.02 Å². The van der Waals surface area contributed by atoms with Gasteiger partial charge in [-0.15, -0.1) is 11.3 Å². The van der Waals surface area contributed by atoms with E-state index in [1.165, 1.54) is 9.75 Å². The summed E-state index contributed by atoms with van der Waals surface area (Å²) in [5, 5.41) is 4.02. The van der Waals surface area contributed by atoms with Crippen molar-refractivity contribution in [2.45, 2.75) is 13.5 Å². The molecule has 17 heavy (non-hydrogen) atoms. The summed E-state index contributed by atoms with van der Waals surface area (Å²) < 4.78 is 5.17. The maximum atomic E-state index is 6.11. The Morgan fingerprint density at radius 1 is 1.29 bits per heavy atom. The first-order valence-electron chi connectivity index (χ1n) is 5.32.